The highest BCUT2D eigenvalue weighted by molar-refractivity contribution is 5.94. The summed E-state index contributed by atoms with van der Waals surface area (Å²) in [4.78, 5) is 16.9. The Balaban J connectivity index is 1.62. The molecule has 0 spiro atoms. The first-order valence-electron chi connectivity index (χ1n) is 8.51. The highest BCUT2D eigenvalue weighted by atomic mass is 19.1. The van der Waals surface area contributed by atoms with Crippen LogP contribution >= 0.6 is 0 Å². The van der Waals surface area contributed by atoms with Gasteiger partial charge in [0.1, 0.15) is 18.0 Å². The molecule has 2 aromatic heterocycles. The monoisotopic (exact) mass is 373 g/mol. The fourth-order valence-electron chi connectivity index (χ4n) is 2.86. The van der Waals surface area contributed by atoms with Crippen LogP contribution in [0, 0.1) is 11.2 Å². The first-order valence-corrected chi connectivity index (χ1v) is 8.51. The van der Waals surface area contributed by atoms with Crippen LogP contribution in [0.5, 0.6) is 0 Å². The van der Waals surface area contributed by atoms with Gasteiger partial charge in [0.25, 0.3) is 0 Å². The van der Waals surface area contributed by atoms with Gasteiger partial charge in [-0.15, -0.1) is 0 Å². The summed E-state index contributed by atoms with van der Waals surface area (Å²) in [6, 6.07) is 12.1. The number of nitrogens with two attached hydrogens (primary N) is 1. The van der Waals surface area contributed by atoms with Gasteiger partial charge in [-0.2, -0.15) is 0 Å². The van der Waals surface area contributed by atoms with Crippen LogP contribution < -0.4 is 11.1 Å². The average molecular weight is 373 g/mol. The zero-order valence-corrected chi connectivity index (χ0v) is 14.7. The molecule has 2 heterocycles. The minimum Gasteiger partial charge on any atom is -0.383 e. The second-order valence-corrected chi connectivity index (χ2v) is 6.08. The summed E-state index contributed by atoms with van der Waals surface area (Å²) in [6.45, 7) is 0.291. The second kappa shape index (κ2) is 7.36. The van der Waals surface area contributed by atoms with Crippen LogP contribution in [0.3, 0.4) is 0 Å². The minimum absolute atomic E-state index is 0.254. The molecule has 0 unspecified atom stereocenters. The summed E-state index contributed by atoms with van der Waals surface area (Å²) in [6.07, 6.45) is 4.19. The SMILES string of the molecule is N=Cc1c(N)ncnc1-c1ccc2nc(NCc3ccccc3F)ncc2c1. The van der Waals surface area contributed by atoms with Crippen molar-refractivity contribution in [3.05, 3.63) is 71.9 Å². The Labute approximate surface area is 160 Å². The van der Waals surface area contributed by atoms with E-state index in [9.17, 15) is 4.39 Å². The van der Waals surface area contributed by atoms with Crippen LogP contribution in [0.15, 0.2) is 55.0 Å². The third-order valence-electron chi connectivity index (χ3n) is 4.31. The Bertz CT molecular complexity index is 1180. The van der Waals surface area contributed by atoms with Crippen molar-refractivity contribution in [1.82, 2.24) is 19.9 Å². The molecule has 0 fully saturated rings. The molecule has 7 nitrogen and oxygen atoms in total. The molecule has 0 amide bonds. The molecule has 4 N–H and O–H groups in total. The Morgan fingerprint density at radius 2 is 1.96 bits per heavy atom. The fourth-order valence-corrected chi connectivity index (χ4v) is 2.86. The van der Waals surface area contributed by atoms with Gasteiger partial charge in [-0.1, -0.05) is 24.3 Å². The maximum Gasteiger partial charge on any atom is 0.223 e. The van der Waals surface area contributed by atoms with Gasteiger partial charge in [-0.05, 0) is 18.2 Å². The first-order chi connectivity index (χ1) is 13.7. The van der Waals surface area contributed by atoms with E-state index in [0.29, 0.717) is 29.3 Å². The molecule has 0 bridgehead atoms. The van der Waals surface area contributed by atoms with Crippen molar-refractivity contribution in [3.8, 4) is 11.3 Å². The molecule has 0 saturated heterocycles. The molecule has 0 atom stereocenters. The number of benzene rings is 2. The lowest BCUT2D eigenvalue weighted by molar-refractivity contribution is 0.612. The molecule has 0 aliphatic carbocycles. The van der Waals surface area contributed by atoms with Crippen LogP contribution in [0.4, 0.5) is 16.2 Å². The number of hydrogen-bond donors (Lipinski definition) is 3. The van der Waals surface area contributed by atoms with E-state index in [-0.39, 0.29) is 11.6 Å². The number of hydrogen-bond acceptors (Lipinski definition) is 7. The van der Waals surface area contributed by atoms with E-state index >= 15 is 0 Å². The Morgan fingerprint density at radius 1 is 1.11 bits per heavy atom. The fraction of sp³-hybridized carbons (Fsp3) is 0.0500. The number of nitrogens with one attached hydrogen (secondary N) is 2. The van der Waals surface area contributed by atoms with Crippen LogP contribution in [-0.4, -0.2) is 26.2 Å². The van der Waals surface area contributed by atoms with Crippen molar-refractivity contribution in [2.75, 3.05) is 11.1 Å². The molecule has 138 valence electrons. The number of nitrogens with zero attached hydrogens (tertiary/aromatic N) is 4. The topological polar surface area (TPSA) is 113 Å². The number of aromatic nitrogens is 4. The maximum atomic E-state index is 13.7. The number of fused-ring (bicyclic) bond motifs is 1. The highest BCUT2D eigenvalue weighted by Crippen LogP contribution is 2.26. The molecule has 4 aromatic rings. The predicted octanol–water partition coefficient (Wildman–Crippen LogP) is 3.42. The van der Waals surface area contributed by atoms with E-state index in [1.807, 2.05) is 18.2 Å². The molecule has 8 heteroatoms. The summed E-state index contributed by atoms with van der Waals surface area (Å²) in [5.41, 5.74) is 8.93. The van der Waals surface area contributed by atoms with Gasteiger partial charge in [-0.25, -0.2) is 24.3 Å². The van der Waals surface area contributed by atoms with E-state index in [1.165, 1.54) is 12.4 Å². The van der Waals surface area contributed by atoms with Gasteiger partial charge in [0, 0.05) is 35.5 Å². The van der Waals surface area contributed by atoms with Gasteiger partial charge in [0.05, 0.1) is 16.8 Å². The molecule has 28 heavy (non-hydrogen) atoms. The van der Waals surface area contributed by atoms with Crippen LogP contribution in [-0.2, 0) is 6.54 Å². The van der Waals surface area contributed by atoms with Gasteiger partial charge in [-0.3, -0.25) is 0 Å². The Morgan fingerprint density at radius 3 is 2.79 bits per heavy atom. The van der Waals surface area contributed by atoms with Crippen molar-refractivity contribution in [1.29, 1.82) is 5.41 Å². The van der Waals surface area contributed by atoms with Gasteiger partial charge in [0.2, 0.25) is 5.95 Å². The van der Waals surface area contributed by atoms with E-state index in [0.717, 1.165) is 22.7 Å². The maximum absolute atomic E-state index is 13.7. The quantitative estimate of drug-likeness (QED) is 0.462. The van der Waals surface area contributed by atoms with E-state index in [2.05, 4.69) is 25.3 Å². The van der Waals surface area contributed by atoms with Crippen molar-refractivity contribution >= 4 is 28.9 Å². The smallest absolute Gasteiger partial charge is 0.223 e. The van der Waals surface area contributed by atoms with E-state index < -0.39 is 0 Å². The molecule has 0 radical (unpaired) electrons. The summed E-state index contributed by atoms with van der Waals surface area (Å²) in [5.74, 6) is 0.394. The van der Waals surface area contributed by atoms with Crippen LogP contribution in [0.25, 0.3) is 22.2 Å². The third kappa shape index (κ3) is 3.35. The molecule has 0 aliphatic rings. The lowest BCUT2D eigenvalue weighted by Gasteiger charge is -2.09. The number of nitrogen functional groups attached to an aromatic ring is 1. The zero-order valence-electron chi connectivity index (χ0n) is 14.7. The molecular weight excluding hydrogens is 357 g/mol. The van der Waals surface area contributed by atoms with Crippen LogP contribution in [0.1, 0.15) is 11.1 Å². The lowest BCUT2D eigenvalue weighted by Crippen LogP contribution is -2.05. The van der Waals surface area contributed by atoms with Gasteiger partial charge in [0.15, 0.2) is 0 Å². The zero-order chi connectivity index (χ0) is 19.5. The normalized spacial score (nSPS) is 10.8. The van der Waals surface area contributed by atoms with Crippen molar-refractivity contribution in [3.63, 3.8) is 0 Å². The minimum atomic E-state index is -0.272. The molecule has 2 aromatic carbocycles. The Hall–Kier alpha value is -3.94. The van der Waals surface area contributed by atoms with E-state index in [4.69, 9.17) is 11.1 Å². The highest BCUT2D eigenvalue weighted by Gasteiger charge is 2.11. The first kappa shape index (κ1) is 17.5. The molecule has 4 rings (SSSR count). The summed E-state index contributed by atoms with van der Waals surface area (Å²) in [7, 11) is 0. The predicted molar refractivity (Wildman–Crippen MR) is 107 cm³/mol. The summed E-state index contributed by atoms with van der Waals surface area (Å²) < 4.78 is 13.7. The molecular formula is C20H16FN7. The van der Waals surface area contributed by atoms with E-state index in [1.54, 1.807) is 24.4 Å². The second-order valence-electron chi connectivity index (χ2n) is 6.08. The number of rotatable bonds is 5. The van der Waals surface area contributed by atoms with Crippen molar-refractivity contribution in [2.24, 2.45) is 0 Å². The Kier molecular flexibility index (Phi) is 4.59. The summed E-state index contributed by atoms with van der Waals surface area (Å²) in [5, 5.41) is 11.4. The van der Waals surface area contributed by atoms with Crippen LogP contribution in [0.2, 0.25) is 0 Å². The molecule has 0 saturated carbocycles. The standard InChI is InChI=1S/C20H16FN7/c21-16-4-2-1-3-13(16)9-24-20-25-10-14-7-12(5-6-17(14)28-20)18-15(8-22)19(23)27-11-26-18/h1-8,10-11,22H,9H2,(H2,23,26,27)(H,24,25,28). The largest absolute Gasteiger partial charge is 0.383 e. The number of halogens is 1. The van der Waals surface area contributed by atoms with Crippen molar-refractivity contribution in [2.45, 2.75) is 6.54 Å². The van der Waals surface area contributed by atoms with Gasteiger partial charge >= 0.3 is 0 Å². The van der Waals surface area contributed by atoms with Crippen molar-refractivity contribution < 1.29 is 4.39 Å². The number of anilines is 2. The average Bonchev–Trinajstić information content (AvgIpc) is 2.72. The lowest BCUT2D eigenvalue weighted by atomic mass is 10.1. The summed E-state index contributed by atoms with van der Waals surface area (Å²) >= 11 is 0. The third-order valence-corrected chi connectivity index (χ3v) is 4.31. The van der Waals surface area contributed by atoms with Gasteiger partial charge < -0.3 is 16.5 Å². The molecule has 0 aliphatic heterocycles.